The number of hydrogen-bond donors (Lipinski definition) is 0. The highest BCUT2D eigenvalue weighted by molar-refractivity contribution is 14.1. The monoisotopic (exact) mass is 307 g/mol. The van der Waals surface area contributed by atoms with Crippen molar-refractivity contribution in [3.8, 4) is 11.8 Å². The number of unbranched alkanes of at least 4 members (excludes halogenated alkanes) is 2. The molecule has 3 heteroatoms. The lowest BCUT2D eigenvalue weighted by Gasteiger charge is -2.14. The topological polar surface area (TPSA) is 20.3 Å². The van der Waals surface area contributed by atoms with Gasteiger partial charge in [0.15, 0.2) is 0 Å². The molecule has 14 heavy (non-hydrogen) atoms. The molecule has 0 heterocycles. The normalized spacial score (nSPS) is 9.07. The Morgan fingerprint density at radius 2 is 1.93 bits per heavy atom. The van der Waals surface area contributed by atoms with Crippen LogP contribution < -0.4 is 0 Å². The highest BCUT2D eigenvalue weighted by Gasteiger charge is 2.03. The number of carbonyl (C=O) groups excluding carboxylic acids is 1. The Hall–Kier alpha value is -0.240. The van der Waals surface area contributed by atoms with Gasteiger partial charge in [0, 0.05) is 19.5 Å². The van der Waals surface area contributed by atoms with Crippen molar-refractivity contribution in [2.75, 3.05) is 17.5 Å². The highest BCUT2D eigenvalue weighted by Crippen LogP contribution is 1.97. The Morgan fingerprint density at radius 3 is 2.43 bits per heavy atom. The quantitative estimate of drug-likeness (QED) is 0.331. The van der Waals surface area contributed by atoms with Gasteiger partial charge in [-0.05, 0) is 37.0 Å². The molecule has 0 atom stereocenters. The van der Waals surface area contributed by atoms with Crippen LogP contribution in [0.25, 0.3) is 0 Å². The smallest absolute Gasteiger partial charge is 0.298 e. The molecule has 0 aliphatic heterocycles. The number of nitrogens with zero attached hydrogens (tertiary/aromatic N) is 1. The minimum absolute atomic E-state index is 0.0375. The maximum absolute atomic E-state index is 11.4. The largest absolute Gasteiger partial charge is 0.332 e. The van der Waals surface area contributed by atoms with Gasteiger partial charge >= 0.3 is 0 Å². The Labute approximate surface area is 101 Å². The first-order chi connectivity index (χ1) is 6.76. The lowest BCUT2D eigenvalue weighted by Crippen LogP contribution is -2.29. The molecule has 0 aromatic rings. The fraction of sp³-hybridized carbons (Fsp3) is 0.727. The zero-order valence-electron chi connectivity index (χ0n) is 8.98. The van der Waals surface area contributed by atoms with Gasteiger partial charge in [-0.1, -0.05) is 28.5 Å². The van der Waals surface area contributed by atoms with Gasteiger partial charge in [0.25, 0.3) is 5.91 Å². The van der Waals surface area contributed by atoms with E-state index in [1.165, 1.54) is 10.8 Å². The first-order valence-electron chi connectivity index (χ1n) is 5.10. The molecule has 2 nitrogen and oxygen atoms in total. The van der Waals surface area contributed by atoms with Crippen molar-refractivity contribution in [2.24, 2.45) is 0 Å². The number of hydrogen-bond acceptors (Lipinski definition) is 1. The predicted octanol–water partition coefficient (Wildman–Crippen LogP) is 2.46. The van der Waals surface area contributed by atoms with Gasteiger partial charge < -0.3 is 4.90 Å². The molecule has 0 radical (unpaired) electrons. The summed E-state index contributed by atoms with van der Waals surface area (Å²) < 4.78 is 1.17. The van der Waals surface area contributed by atoms with Gasteiger partial charge in [-0.25, -0.2) is 0 Å². The molecular formula is C11H18INO. The zero-order chi connectivity index (χ0) is 10.8. The molecule has 0 saturated carbocycles. The maximum atomic E-state index is 11.4. The van der Waals surface area contributed by atoms with Crippen molar-refractivity contribution in [2.45, 2.75) is 33.1 Å². The number of amides is 1. The molecule has 0 aromatic carbocycles. The van der Waals surface area contributed by atoms with E-state index in [-0.39, 0.29) is 5.91 Å². The van der Waals surface area contributed by atoms with E-state index in [2.05, 4.69) is 34.4 Å². The zero-order valence-corrected chi connectivity index (χ0v) is 11.1. The lowest BCUT2D eigenvalue weighted by molar-refractivity contribution is -0.124. The van der Waals surface area contributed by atoms with E-state index in [0.29, 0.717) is 0 Å². The Bertz CT molecular complexity index is 213. The molecule has 0 aliphatic rings. The fourth-order valence-corrected chi connectivity index (χ4v) is 1.58. The second-order valence-corrected chi connectivity index (χ2v) is 4.00. The molecule has 0 rings (SSSR count). The van der Waals surface area contributed by atoms with Crippen LogP contribution in [0.4, 0.5) is 0 Å². The molecule has 0 saturated heterocycles. The maximum Gasteiger partial charge on any atom is 0.298 e. The third-order valence-electron chi connectivity index (χ3n) is 1.93. The van der Waals surface area contributed by atoms with E-state index in [9.17, 15) is 4.79 Å². The minimum Gasteiger partial charge on any atom is -0.332 e. The molecule has 0 unspecified atom stereocenters. The summed E-state index contributed by atoms with van der Waals surface area (Å²) >= 11 is 2.35. The van der Waals surface area contributed by atoms with Crippen LogP contribution in [0.5, 0.6) is 0 Å². The lowest BCUT2D eigenvalue weighted by atomic mass is 10.2. The van der Waals surface area contributed by atoms with Crippen LogP contribution in [-0.4, -0.2) is 28.3 Å². The molecule has 80 valence electrons. The molecule has 0 N–H and O–H groups in total. The van der Waals surface area contributed by atoms with Gasteiger partial charge in [0.05, 0.1) is 0 Å². The molecule has 1 amide bonds. The van der Waals surface area contributed by atoms with Gasteiger partial charge in [0.1, 0.15) is 0 Å². The Balaban J connectivity index is 3.78. The molecule has 0 bridgehead atoms. The van der Waals surface area contributed by atoms with Crippen LogP contribution >= 0.6 is 22.6 Å². The summed E-state index contributed by atoms with van der Waals surface area (Å²) in [5.41, 5.74) is 0. The van der Waals surface area contributed by atoms with Crippen LogP contribution in [0, 0.1) is 11.8 Å². The molecule has 0 aliphatic carbocycles. The van der Waals surface area contributed by atoms with E-state index in [1.54, 1.807) is 4.90 Å². The summed E-state index contributed by atoms with van der Waals surface area (Å²) in [6.07, 6.45) is 3.13. The van der Waals surface area contributed by atoms with Crippen molar-refractivity contribution < 1.29 is 4.79 Å². The third-order valence-corrected chi connectivity index (χ3v) is 2.69. The van der Waals surface area contributed by atoms with E-state index in [0.717, 1.165) is 25.9 Å². The van der Waals surface area contributed by atoms with Crippen molar-refractivity contribution >= 4 is 28.5 Å². The SMILES string of the molecule is CCN(CC)C(=O)C#CCCCCI. The second kappa shape index (κ2) is 9.32. The molecule has 0 fully saturated rings. The van der Waals surface area contributed by atoms with E-state index in [1.807, 2.05) is 13.8 Å². The van der Waals surface area contributed by atoms with Gasteiger partial charge in [-0.3, -0.25) is 4.79 Å². The van der Waals surface area contributed by atoms with Crippen LogP contribution in [0.1, 0.15) is 33.1 Å². The van der Waals surface area contributed by atoms with Crippen LogP contribution in [0.15, 0.2) is 0 Å². The summed E-state index contributed by atoms with van der Waals surface area (Å²) in [5, 5.41) is 0. The van der Waals surface area contributed by atoms with E-state index >= 15 is 0 Å². The summed E-state index contributed by atoms with van der Waals surface area (Å²) in [4.78, 5) is 13.1. The number of rotatable bonds is 5. The second-order valence-electron chi connectivity index (χ2n) is 2.93. The first kappa shape index (κ1) is 13.8. The molecular weight excluding hydrogens is 289 g/mol. The predicted molar refractivity (Wildman–Crippen MR) is 68.4 cm³/mol. The van der Waals surface area contributed by atoms with Crippen molar-refractivity contribution in [1.82, 2.24) is 4.90 Å². The summed E-state index contributed by atoms with van der Waals surface area (Å²) in [5.74, 6) is 5.57. The third kappa shape index (κ3) is 6.25. The van der Waals surface area contributed by atoms with Crippen LogP contribution in [-0.2, 0) is 4.79 Å². The van der Waals surface area contributed by atoms with Crippen LogP contribution in [0.3, 0.4) is 0 Å². The van der Waals surface area contributed by atoms with Gasteiger partial charge in [-0.2, -0.15) is 0 Å². The first-order valence-corrected chi connectivity index (χ1v) is 6.62. The summed E-state index contributed by atoms with van der Waals surface area (Å²) in [7, 11) is 0. The average molecular weight is 307 g/mol. The van der Waals surface area contributed by atoms with Crippen molar-refractivity contribution in [3.05, 3.63) is 0 Å². The van der Waals surface area contributed by atoms with Crippen molar-refractivity contribution in [1.29, 1.82) is 0 Å². The fourth-order valence-electron chi connectivity index (χ4n) is 1.04. The van der Waals surface area contributed by atoms with Gasteiger partial charge in [-0.15, -0.1) is 0 Å². The van der Waals surface area contributed by atoms with Gasteiger partial charge in [0.2, 0.25) is 0 Å². The number of carbonyl (C=O) groups is 1. The van der Waals surface area contributed by atoms with E-state index in [4.69, 9.17) is 0 Å². The molecule has 0 spiro atoms. The minimum atomic E-state index is -0.0375. The number of halogens is 1. The van der Waals surface area contributed by atoms with Crippen LogP contribution in [0.2, 0.25) is 0 Å². The standard InChI is InChI=1S/C11H18INO/c1-3-13(4-2)11(14)9-7-5-6-8-10-12/h3-6,8,10H2,1-2H3. The van der Waals surface area contributed by atoms with Crippen molar-refractivity contribution in [3.63, 3.8) is 0 Å². The van der Waals surface area contributed by atoms with E-state index < -0.39 is 0 Å². The summed E-state index contributed by atoms with van der Waals surface area (Å²) in [6.45, 7) is 5.44. The average Bonchev–Trinajstić information content (AvgIpc) is 2.19. The highest BCUT2D eigenvalue weighted by atomic mass is 127. The Kier molecular flexibility index (Phi) is 9.16. The molecule has 0 aromatic heterocycles. The number of alkyl halides is 1. The Morgan fingerprint density at radius 1 is 1.29 bits per heavy atom. The summed E-state index contributed by atoms with van der Waals surface area (Å²) in [6, 6.07) is 0.